The SMILES string of the molecule is CCOC1CCC(S(=O)(=O)c2ccc(NC(=O)NCc3cccnc3)cc2)CC1. The molecule has 2 N–H and O–H groups in total. The number of carbonyl (C=O) groups is 1. The summed E-state index contributed by atoms with van der Waals surface area (Å²) in [6, 6.07) is 9.65. The van der Waals surface area contributed by atoms with Gasteiger partial charge in [0.25, 0.3) is 0 Å². The van der Waals surface area contributed by atoms with Crippen molar-refractivity contribution in [3.8, 4) is 0 Å². The first-order chi connectivity index (χ1) is 14.0. The second kappa shape index (κ2) is 9.84. The van der Waals surface area contributed by atoms with Gasteiger partial charge in [0.1, 0.15) is 0 Å². The number of pyridine rings is 1. The molecule has 1 aromatic heterocycles. The highest BCUT2D eigenvalue weighted by molar-refractivity contribution is 7.92. The average Bonchev–Trinajstić information content (AvgIpc) is 2.74. The first-order valence-electron chi connectivity index (χ1n) is 9.88. The third-order valence-corrected chi connectivity index (χ3v) is 7.36. The number of ether oxygens (including phenoxy) is 1. The minimum atomic E-state index is -3.38. The molecule has 0 saturated heterocycles. The molecule has 1 aliphatic carbocycles. The first-order valence-corrected chi connectivity index (χ1v) is 11.4. The molecule has 0 aliphatic heterocycles. The summed E-state index contributed by atoms with van der Waals surface area (Å²) in [4.78, 5) is 16.3. The van der Waals surface area contributed by atoms with Crippen LogP contribution in [-0.2, 0) is 21.1 Å². The summed E-state index contributed by atoms with van der Waals surface area (Å²) in [5.41, 5.74) is 1.43. The Morgan fingerprint density at radius 2 is 1.86 bits per heavy atom. The van der Waals surface area contributed by atoms with Crippen LogP contribution in [0.5, 0.6) is 0 Å². The molecule has 0 radical (unpaired) electrons. The fraction of sp³-hybridized carbons (Fsp3) is 0.429. The monoisotopic (exact) mass is 417 g/mol. The predicted molar refractivity (Wildman–Crippen MR) is 111 cm³/mol. The normalized spacial score (nSPS) is 19.5. The van der Waals surface area contributed by atoms with E-state index in [2.05, 4.69) is 15.6 Å². The Kier molecular flexibility index (Phi) is 7.22. The molecule has 0 atom stereocenters. The second-order valence-electron chi connectivity index (χ2n) is 7.09. The van der Waals surface area contributed by atoms with Gasteiger partial charge >= 0.3 is 6.03 Å². The quantitative estimate of drug-likeness (QED) is 0.718. The van der Waals surface area contributed by atoms with Crippen LogP contribution in [0.2, 0.25) is 0 Å². The van der Waals surface area contributed by atoms with E-state index in [9.17, 15) is 13.2 Å². The Morgan fingerprint density at radius 1 is 1.14 bits per heavy atom. The van der Waals surface area contributed by atoms with Crippen LogP contribution in [0.4, 0.5) is 10.5 Å². The number of benzene rings is 1. The van der Waals surface area contributed by atoms with Crippen molar-refractivity contribution in [2.24, 2.45) is 0 Å². The molecule has 1 heterocycles. The third-order valence-electron chi connectivity index (χ3n) is 5.08. The third kappa shape index (κ3) is 5.77. The summed E-state index contributed by atoms with van der Waals surface area (Å²) in [7, 11) is -3.38. The van der Waals surface area contributed by atoms with E-state index < -0.39 is 9.84 Å². The zero-order valence-corrected chi connectivity index (χ0v) is 17.3. The maximum absolute atomic E-state index is 12.9. The van der Waals surface area contributed by atoms with Gasteiger partial charge in [-0.1, -0.05) is 6.07 Å². The van der Waals surface area contributed by atoms with Gasteiger partial charge in [0.15, 0.2) is 9.84 Å². The van der Waals surface area contributed by atoms with Gasteiger partial charge in [-0.25, -0.2) is 13.2 Å². The topological polar surface area (TPSA) is 97.4 Å². The number of rotatable bonds is 7. The van der Waals surface area contributed by atoms with Crippen molar-refractivity contribution in [2.45, 2.75) is 55.4 Å². The highest BCUT2D eigenvalue weighted by atomic mass is 32.2. The molecule has 7 nitrogen and oxygen atoms in total. The zero-order valence-electron chi connectivity index (χ0n) is 16.5. The van der Waals surface area contributed by atoms with Crippen LogP contribution in [-0.4, -0.2) is 37.4 Å². The summed E-state index contributed by atoms with van der Waals surface area (Å²) in [5, 5.41) is 5.07. The molecule has 29 heavy (non-hydrogen) atoms. The fourth-order valence-corrected chi connectivity index (χ4v) is 5.32. The highest BCUT2D eigenvalue weighted by Gasteiger charge is 2.32. The van der Waals surface area contributed by atoms with Crippen molar-refractivity contribution < 1.29 is 17.9 Å². The number of hydrogen-bond acceptors (Lipinski definition) is 5. The summed E-state index contributed by atoms with van der Waals surface area (Å²) in [6.07, 6.45) is 6.30. The number of sulfone groups is 1. The lowest BCUT2D eigenvalue weighted by Gasteiger charge is -2.28. The van der Waals surface area contributed by atoms with Crippen LogP contribution in [0.15, 0.2) is 53.7 Å². The van der Waals surface area contributed by atoms with E-state index in [-0.39, 0.29) is 17.4 Å². The number of amides is 2. The smallest absolute Gasteiger partial charge is 0.319 e. The van der Waals surface area contributed by atoms with Crippen molar-refractivity contribution in [2.75, 3.05) is 11.9 Å². The van der Waals surface area contributed by atoms with Crippen molar-refractivity contribution in [1.82, 2.24) is 10.3 Å². The van der Waals surface area contributed by atoms with Gasteiger partial charge in [-0.15, -0.1) is 0 Å². The zero-order chi connectivity index (χ0) is 20.7. The Bertz CT molecular complexity index is 893. The van der Waals surface area contributed by atoms with Crippen LogP contribution in [0.1, 0.15) is 38.2 Å². The summed E-state index contributed by atoms with van der Waals surface area (Å²) < 4.78 is 31.4. The van der Waals surface area contributed by atoms with Gasteiger partial charge in [-0.3, -0.25) is 4.98 Å². The molecule has 1 saturated carbocycles. The van der Waals surface area contributed by atoms with Gasteiger partial charge in [-0.2, -0.15) is 0 Å². The Hall–Kier alpha value is -2.45. The van der Waals surface area contributed by atoms with Crippen LogP contribution >= 0.6 is 0 Å². The summed E-state index contributed by atoms with van der Waals surface area (Å²) in [6.45, 7) is 2.97. The largest absolute Gasteiger partial charge is 0.379 e. The number of aromatic nitrogens is 1. The predicted octanol–water partition coefficient (Wildman–Crippen LogP) is 3.52. The van der Waals surface area contributed by atoms with E-state index in [1.54, 1.807) is 42.7 Å². The van der Waals surface area contributed by atoms with Crippen molar-refractivity contribution in [3.05, 3.63) is 54.4 Å². The average molecular weight is 418 g/mol. The van der Waals surface area contributed by atoms with Crippen molar-refractivity contribution in [3.63, 3.8) is 0 Å². The van der Waals surface area contributed by atoms with E-state index in [1.807, 2.05) is 13.0 Å². The van der Waals surface area contributed by atoms with Gasteiger partial charge < -0.3 is 15.4 Å². The first kappa shape index (κ1) is 21.3. The van der Waals surface area contributed by atoms with Crippen LogP contribution < -0.4 is 10.6 Å². The molecule has 0 bridgehead atoms. The molecular weight excluding hydrogens is 390 g/mol. The van der Waals surface area contributed by atoms with Gasteiger partial charge in [0.05, 0.1) is 16.2 Å². The van der Waals surface area contributed by atoms with Crippen LogP contribution in [0, 0.1) is 0 Å². The van der Waals surface area contributed by atoms with E-state index in [1.165, 1.54) is 0 Å². The molecule has 0 spiro atoms. The maximum atomic E-state index is 12.9. The molecule has 1 aliphatic rings. The number of nitrogens with one attached hydrogen (secondary N) is 2. The Labute approximate surface area is 171 Å². The molecule has 2 amide bonds. The molecular formula is C21H27N3O4S. The minimum absolute atomic E-state index is 0.170. The van der Waals surface area contributed by atoms with Crippen LogP contribution in [0.25, 0.3) is 0 Å². The van der Waals surface area contributed by atoms with Crippen molar-refractivity contribution >= 4 is 21.6 Å². The number of nitrogens with zero attached hydrogens (tertiary/aromatic N) is 1. The lowest BCUT2D eigenvalue weighted by Crippen LogP contribution is -2.30. The second-order valence-corrected chi connectivity index (χ2v) is 9.32. The molecule has 8 heteroatoms. The molecule has 1 fully saturated rings. The standard InChI is InChI=1S/C21H27N3O4S/c1-2-28-18-7-11-20(12-8-18)29(26,27)19-9-5-17(6-10-19)24-21(25)23-15-16-4-3-13-22-14-16/h3-6,9-10,13-14,18,20H,2,7-8,11-12,15H2,1H3,(H2,23,24,25). The minimum Gasteiger partial charge on any atom is -0.379 e. The molecule has 156 valence electrons. The number of carbonyl (C=O) groups excluding carboxylic acids is 1. The van der Waals surface area contributed by atoms with E-state index in [0.29, 0.717) is 36.6 Å². The Morgan fingerprint density at radius 3 is 2.48 bits per heavy atom. The molecule has 0 unspecified atom stereocenters. The van der Waals surface area contributed by atoms with Gasteiger partial charge in [0.2, 0.25) is 0 Å². The summed E-state index contributed by atoms with van der Waals surface area (Å²) >= 11 is 0. The van der Waals surface area contributed by atoms with E-state index in [0.717, 1.165) is 18.4 Å². The molecule has 1 aromatic carbocycles. The molecule has 2 aromatic rings. The van der Waals surface area contributed by atoms with Crippen LogP contribution in [0.3, 0.4) is 0 Å². The van der Waals surface area contributed by atoms with Gasteiger partial charge in [0, 0.05) is 31.2 Å². The van der Waals surface area contributed by atoms with E-state index >= 15 is 0 Å². The lowest BCUT2D eigenvalue weighted by molar-refractivity contribution is 0.0375. The maximum Gasteiger partial charge on any atom is 0.319 e. The van der Waals surface area contributed by atoms with E-state index in [4.69, 9.17) is 4.74 Å². The highest BCUT2D eigenvalue weighted by Crippen LogP contribution is 2.30. The Balaban J connectivity index is 1.54. The number of urea groups is 1. The number of hydrogen-bond donors (Lipinski definition) is 2. The van der Waals surface area contributed by atoms with Gasteiger partial charge in [-0.05, 0) is 68.5 Å². The molecule has 3 rings (SSSR count). The fourth-order valence-electron chi connectivity index (χ4n) is 3.53. The summed E-state index contributed by atoms with van der Waals surface area (Å²) in [5.74, 6) is 0. The van der Waals surface area contributed by atoms with Crippen molar-refractivity contribution in [1.29, 1.82) is 0 Å². The number of anilines is 1. The lowest BCUT2D eigenvalue weighted by atomic mass is 9.97.